The molecular weight excluding hydrogens is 272 g/mol. The van der Waals surface area contributed by atoms with Crippen molar-refractivity contribution in [2.45, 2.75) is 44.9 Å². The third-order valence-electron chi connectivity index (χ3n) is 4.47. The number of nitrogens with one attached hydrogen (secondary N) is 1. The van der Waals surface area contributed by atoms with E-state index in [1.54, 1.807) is 4.90 Å². The van der Waals surface area contributed by atoms with Gasteiger partial charge in [0.2, 0.25) is 11.8 Å². The largest absolute Gasteiger partial charge is 0.481 e. The van der Waals surface area contributed by atoms with Crippen molar-refractivity contribution in [2.75, 3.05) is 19.6 Å². The number of aliphatic carboxylic acids is 1. The third kappa shape index (κ3) is 4.72. The van der Waals surface area contributed by atoms with Crippen molar-refractivity contribution in [1.29, 1.82) is 0 Å². The fourth-order valence-corrected chi connectivity index (χ4v) is 3.26. The average molecular weight is 296 g/mol. The van der Waals surface area contributed by atoms with E-state index < -0.39 is 5.97 Å². The average Bonchev–Trinajstić information content (AvgIpc) is 3.08. The molecule has 0 bridgehead atoms. The second-order valence-electron chi connectivity index (χ2n) is 6.11. The normalized spacial score (nSPS) is 22.5. The van der Waals surface area contributed by atoms with E-state index in [0.717, 1.165) is 32.1 Å². The van der Waals surface area contributed by atoms with E-state index in [1.807, 2.05) is 0 Å². The maximum Gasteiger partial charge on any atom is 0.303 e. The summed E-state index contributed by atoms with van der Waals surface area (Å²) in [7, 11) is 0. The molecule has 21 heavy (non-hydrogen) atoms. The number of carboxylic acids is 1. The molecular formula is C15H24N2O4. The summed E-state index contributed by atoms with van der Waals surface area (Å²) in [5.74, 6) is -0.524. The lowest BCUT2D eigenvalue weighted by Gasteiger charge is -2.17. The number of carbonyl (C=O) groups excluding carboxylic acids is 2. The van der Waals surface area contributed by atoms with Crippen molar-refractivity contribution >= 4 is 17.8 Å². The Bertz CT molecular complexity index is 404. The lowest BCUT2D eigenvalue weighted by molar-refractivity contribution is -0.138. The maximum atomic E-state index is 12.0. The van der Waals surface area contributed by atoms with E-state index >= 15 is 0 Å². The molecule has 1 atom stereocenters. The van der Waals surface area contributed by atoms with Crippen LogP contribution in [0.3, 0.4) is 0 Å². The number of likely N-dealkylation sites (tertiary alicyclic amines) is 1. The molecule has 118 valence electrons. The van der Waals surface area contributed by atoms with Gasteiger partial charge in [-0.2, -0.15) is 0 Å². The van der Waals surface area contributed by atoms with Crippen LogP contribution in [0.15, 0.2) is 0 Å². The van der Waals surface area contributed by atoms with Crippen LogP contribution in [0.5, 0.6) is 0 Å². The van der Waals surface area contributed by atoms with Gasteiger partial charge in [0, 0.05) is 38.4 Å². The molecule has 1 aliphatic heterocycles. The highest BCUT2D eigenvalue weighted by atomic mass is 16.4. The summed E-state index contributed by atoms with van der Waals surface area (Å²) in [4.78, 5) is 36.2. The van der Waals surface area contributed by atoms with Crippen molar-refractivity contribution in [3.05, 3.63) is 0 Å². The molecule has 6 heteroatoms. The van der Waals surface area contributed by atoms with Gasteiger partial charge in [0.1, 0.15) is 0 Å². The van der Waals surface area contributed by atoms with Crippen molar-refractivity contribution in [3.63, 3.8) is 0 Å². The molecule has 0 aromatic rings. The topological polar surface area (TPSA) is 86.7 Å². The number of rotatable bonds is 6. The highest BCUT2D eigenvalue weighted by molar-refractivity contribution is 5.80. The monoisotopic (exact) mass is 296 g/mol. The Balaban J connectivity index is 1.63. The van der Waals surface area contributed by atoms with Crippen LogP contribution in [0.25, 0.3) is 0 Å². The third-order valence-corrected chi connectivity index (χ3v) is 4.47. The number of nitrogens with zero attached hydrogens (tertiary/aromatic N) is 1. The van der Waals surface area contributed by atoms with Gasteiger partial charge in [0.15, 0.2) is 0 Å². The van der Waals surface area contributed by atoms with Gasteiger partial charge in [-0.3, -0.25) is 14.4 Å². The summed E-state index contributed by atoms with van der Waals surface area (Å²) in [5.41, 5.74) is 0. The molecule has 1 saturated heterocycles. The predicted octanol–water partition coefficient (Wildman–Crippen LogP) is 1.01. The van der Waals surface area contributed by atoms with Gasteiger partial charge in [0.05, 0.1) is 0 Å². The quantitative estimate of drug-likeness (QED) is 0.765. The second-order valence-corrected chi connectivity index (χ2v) is 6.11. The molecule has 1 aliphatic carbocycles. The lowest BCUT2D eigenvalue weighted by atomic mass is 10.1. The Morgan fingerprint density at radius 2 is 1.86 bits per heavy atom. The molecule has 1 unspecified atom stereocenters. The van der Waals surface area contributed by atoms with Crippen LogP contribution in [0.1, 0.15) is 44.9 Å². The zero-order valence-corrected chi connectivity index (χ0v) is 12.3. The molecule has 2 fully saturated rings. The summed E-state index contributed by atoms with van der Waals surface area (Å²) in [6.45, 7) is 1.54. The van der Waals surface area contributed by atoms with Crippen molar-refractivity contribution < 1.29 is 19.5 Å². The lowest BCUT2D eigenvalue weighted by Crippen LogP contribution is -2.35. The Morgan fingerprint density at radius 3 is 2.52 bits per heavy atom. The Hall–Kier alpha value is -1.59. The van der Waals surface area contributed by atoms with Gasteiger partial charge in [-0.1, -0.05) is 12.8 Å². The van der Waals surface area contributed by atoms with Gasteiger partial charge in [0.25, 0.3) is 0 Å². The van der Waals surface area contributed by atoms with Gasteiger partial charge in [-0.15, -0.1) is 0 Å². The molecule has 0 aromatic heterocycles. The Labute approximate surface area is 124 Å². The van der Waals surface area contributed by atoms with Crippen LogP contribution in [0, 0.1) is 11.8 Å². The molecule has 6 nitrogen and oxygen atoms in total. The van der Waals surface area contributed by atoms with Crippen LogP contribution in [0.2, 0.25) is 0 Å². The molecule has 2 N–H and O–H groups in total. The minimum atomic E-state index is -0.807. The van der Waals surface area contributed by atoms with Crippen LogP contribution < -0.4 is 5.32 Å². The molecule has 0 radical (unpaired) electrons. The fourth-order valence-electron chi connectivity index (χ4n) is 3.26. The summed E-state index contributed by atoms with van der Waals surface area (Å²) >= 11 is 0. The SMILES string of the molecule is O=C(O)CC1CCN(C(=O)CCNC(=O)C2CCCC2)C1. The van der Waals surface area contributed by atoms with Crippen LogP contribution in [-0.2, 0) is 14.4 Å². The first-order valence-corrected chi connectivity index (χ1v) is 7.83. The summed E-state index contributed by atoms with van der Waals surface area (Å²) in [6, 6.07) is 0. The van der Waals surface area contributed by atoms with Gasteiger partial charge < -0.3 is 15.3 Å². The molecule has 0 spiro atoms. The van der Waals surface area contributed by atoms with Gasteiger partial charge in [-0.05, 0) is 25.2 Å². The van der Waals surface area contributed by atoms with E-state index in [9.17, 15) is 14.4 Å². The highest BCUT2D eigenvalue weighted by Crippen LogP contribution is 2.24. The fraction of sp³-hybridized carbons (Fsp3) is 0.800. The minimum Gasteiger partial charge on any atom is -0.481 e. The Morgan fingerprint density at radius 1 is 1.14 bits per heavy atom. The summed E-state index contributed by atoms with van der Waals surface area (Å²) in [5, 5.41) is 11.6. The Kier molecular flexibility index (Phi) is 5.59. The number of hydrogen-bond donors (Lipinski definition) is 2. The highest BCUT2D eigenvalue weighted by Gasteiger charge is 2.27. The number of carbonyl (C=O) groups is 3. The van der Waals surface area contributed by atoms with Gasteiger partial charge in [-0.25, -0.2) is 0 Å². The zero-order chi connectivity index (χ0) is 15.2. The smallest absolute Gasteiger partial charge is 0.303 e. The minimum absolute atomic E-state index is 0.00890. The van der Waals surface area contributed by atoms with Crippen molar-refractivity contribution in [2.24, 2.45) is 11.8 Å². The standard InChI is InChI=1S/C15H24N2O4/c18-13(17-8-6-11(10-17)9-14(19)20)5-7-16-15(21)12-3-1-2-4-12/h11-12H,1-10H2,(H,16,21)(H,19,20). The number of carboxylic acid groups (broad SMARTS) is 1. The molecule has 2 rings (SSSR count). The van der Waals surface area contributed by atoms with Crippen molar-refractivity contribution in [3.8, 4) is 0 Å². The maximum absolute atomic E-state index is 12.0. The molecule has 2 amide bonds. The second kappa shape index (κ2) is 7.43. The first-order chi connectivity index (χ1) is 10.1. The number of amides is 2. The first-order valence-electron chi connectivity index (χ1n) is 7.83. The van der Waals surface area contributed by atoms with Crippen molar-refractivity contribution in [1.82, 2.24) is 10.2 Å². The molecule has 1 heterocycles. The molecule has 2 aliphatic rings. The van der Waals surface area contributed by atoms with E-state index in [2.05, 4.69) is 5.32 Å². The van der Waals surface area contributed by atoms with E-state index in [4.69, 9.17) is 5.11 Å². The van der Waals surface area contributed by atoms with E-state index in [1.165, 1.54) is 0 Å². The van der Waals surface area contributed by atoms with E-state index in [-0.39, 0.29) is 30.1 Å². The van der Waals surface area contributed by atoms with Crippen LogP contribution in [0.4, 0.5) is 0 Å². The molecule has 0 aromatic carbocycles. The summed E-state index contributed by atoms with van der Waals surface area (Å²) < 4.78 is 0. The van der Waals surface area contributed by atoms with E-state index in [0.29, 0.717) is 26.1 Å². The molecule has 1 saturated carbocycles. The zero-order valence-electron chi connectivity index (χ0n) is 12.3. The van der Waals surface area contributed by atoms with Gasteiger partial charge >= 0.3 is 5.97 Å². The first kappa shape index (κ1) is 15.8. The predicted molar refractivity (Wildman–Crippen MR) is 76.5 cm³/mol. The van der Waals surface area contributed by atoms with Crippen LogP contribution >= 0.6 is 0 Å². The summed E-state index contributed by atoms with van der Waals surface area (Å²) in [6.07, 6.45) is 5.35. The number of hydrogen-bond acceptors (Lipinski definition) is 3. The van der Waals surface area contributed by atoms with Crippen LogP contribution in [-0.4, -0.2) is 47.4 Å².